The molecule has 4 aromatic rings. The van der Waals surface area contributed by atoms with E-state index in [1.165, 1.54) is 5.56 Å². The Kier molecular flexibility index (Phi) is 3.90. The molecular weight excluding hydrogens is 330 g/mol. The van der Waals surface area contributed by atoms with Gasteiger partial charge in [0.2, 0.25) is 0 Å². The molecule has 2 heterocycles. The lowest BCUT2D eigenvalue weighted by Crippen LogP contribution is -2.21. The Morgan fingerprint density at radius 2 is 1.88 bits per heavy atom. The zero-order valence-corrected chi connectivity index (χ0v) is 14.6. The molecule has 0 aliphatic carbocycles. The van der Waals surface area contributed by atoms with Crippen molar-refractivity contribution in [2.45, 2.75) is 6.42 Å². The summed E-state index contributed by atoms with van der Waals surface area (Å²) in [5.74, 6) is 0.0830. The van der Waals surface area contributed by atoms with E-state index in [2.05, 4.69) is 23.6 Å². The number of thiophene rings is 1. The highest BCUT2D eigenvalue weighted by molar-refractivity contribution is 7.08. The van der Waals surface area contributed by atoms with Gasteiger partial charge in [-0.15, -0.1) is 0 Å². The van der Waals surface area contributed by atoms with Gasteiger partial charge in [-0.2, -0.15) is 11.3 Å². The molecule has 4 rings (SSSR count). The average molecular weight is 347 g/mol. The monoisotopic (exact) mass is 347 g/mol. The average Bonchev–Trinajstić information content (AvgIpc) is 3.18. The molecule has 2 aromatic carbocycles. The summed E-state index contributed by atoms with van der Waals surface area (Å²) < 4.78 is 1.60. The summed E-state index contributed by atoms with van der Waals surface area (Å²) >= 11 is 1.66. The van der Waals surface area contributed by atoms with E-state index < -0.39 is 0 Å². The quantitative estimate of drug-likeness (QED) is 0.590. The first-order chi connectivity index (χ1) is 12.1. The summed E-state index contributed by atoms with van der Waals surface area (Å²) in [7, 11) is 1.75. The Balaban J connectivity index is 1.82. The van der Waals surface area contributed by atoms with Gasteiger partial charge in [0.25, 0.3) is 5.56 Å². The van der Waals surface area contributed by atoms with Gasteiger partial charge in [0.15, 0.2) is 0 Å². The molecule has 0 saturated heterocycles. The fraction of sp³-hybridized carbons (Fsp3) is 0.0952. The molecule has 0 fully saturated rings. The number of rotatable bonds is 3. The number of benzene rings is 2. The van der Waals surface area contributed by atoms with Crippen LogP contribution in [0.25, 0.3) is 22.0 Å². The van der Waals surface area contributed by atoms with Crippen molar-refractivity contribution in [3.8, 4) is 16.9 Å². The van der Waals surface area contributed by atoms with Crippen molar-refractivity contribution in [1.29, 1.82) is 0 Å². The van der Waals surface area contributed by atoms with Gasteiger partial charge in [-0.3, -0.25) is 4.79 Å². The van der Waals surface area contributed by atoms with Crippen LogP contribution >= 0.6 is 11.3 Å². The topological polar surface area (TPSA) is 42.2 Å². The molecule has 2 aromatic heterocycles. The van der Waals surface area contributed by atoms with Crippen LogP contribution in [-0.2, 0) is 13.5 Å². The van der Waals surface area contributed by atoms with Crippen molar-refractivity contribution in [2.24, 2.45) is 7.05 Å². The second-order valence-electron chi connectivity index (χ2n) is 6.10. The standard InChI is InChI=1S/C21H17NO2S/c1-22-19-8-3-2-7-17(19)20(23)18(21(22)24)12-14-5-4-6-15(11-14)16-9-10-25-13-16/h2-11,13,23H,12H2,1H3. The smallest absolute Gasteiger partial charge is 0.258 e. The number of aromatic hydroxyl groups is 1. The zero-order chi connectivity index (χ0) is 17.4. The highest BCUT2D eigenvalue weighted by Crippen LogP contribution is 2.29. The third-order valence-corrected chi connectivity index (χ3v) is 5.21. The highest BCUT2D eigenvalue weighted by Gasteiger charge is 2.15. The molecule has 0 aliphatic rings. The minimum atomic E-state index is -0.155. The van der Waals surface area contributed by atoms with Crippen molar-refractivity contribution in [2.75, 3.05) is 0 Å². The maximum Gasteiger partial charge on any atom is 0.258 e. The van der Waals surface area contributed by atoms with E-state index in [4.69, 9.17) is 0 Å². The van der Waals surface area contributed by atoms with Crippen LogP contribution in [0.15, 0.2) is 70.2 Å². The highest BCUT2D eigenvalue weighted by atomic mass is 32.1. The van der Waals surface area contributed by atoms with E-state index in [0.717, 1.165) is 16.6 Å². The van der Waals surface area contributed by atoms with Crippen LogP contribution in [0.3, 0.4) is 0 Å². The van der Waals surface area contributed by atoms with Gasteiger partial charge in [-0.05, 0) is 45.6 Å². The van der Waals surface area contributed by atoms with Crippen molar-refractivity contribution in [3.63, 3.8) is 0 Å². The minimum Gasteiger partial charge on any atom is -0.507 e. The molecule has 4 heteroatoms. The first kappa shape index (κ1) is 15.7. The fourth-order valence-corrected chi connectivity index (χ4v) is 3.86. The third-order valence-electron chi connectivity index (χ3n) is 4.53. The second kappa shape index (κ2) is 6.22. The molecule has 0 aliphatic heterocycles. The lowest BCUT2D eigenvalue weighted by Gasteiger charge is -2.12. The van der Waals surface area contributed by atoms with Crippen molar-refractivity contribution < 1.29 is 5.11 Å². The van der Waals surface area contributed by atoms with Crippen molar-refractivity contribution in [1.82, 2.24) is 4.57 Å². The SMILES string of the molecule is Cn1c(=O)c(Cc2cccc(-c3ccsc3)c2)c(O)c2ccccc21. The Labute approximate surface area is 149 Å². The first-order valence-corrected chi connectivity index (χ1v) is 9.00. The summed E-state index contributed by atoms with van der Waals surface area (Å²) in [5.41, 5.74) is 4.31. The van der Waals surface area contributed by atoms with Crippen LogP contribution in [0.2, 0.25) is 0 Å². The second-order valence-corrected chi connectivity index (χ2v) is 6.88. The maximum absolute atomic E-state index is 12.7. The predicted octanol–water partition coefficient (Wildman–Crippen LogP) is 4.56. The van der Waals surface area contributed by atoms with Crippen molar-refractivity contribution >= 4 is 22.2 Å². The number of hydrogen-bond acceptors (Lipinski definition) is 3. The number of para-hydroxylation sites is 1. The molecule has 0 bridgehead atoms. The molecule has 0 amide bonds. The third kappa shape index (κ3) is 2.75. The minimum absolute atomic E-state index is 0.0830. The normalized spacial score (nSPS) is 11.1. The van der Waals surface area contributed by atoms with E-state index in [1.807, 2.05) is 41.8 Å². The Bertz CT molecular complexity index is 1110. The molecule has 0 atom stereocenters. The van der Waals surface area contributed by atoms with E-state index in [1.54, 1.807) is 23.0 Å². The molecule has 3 nitrogen and oxygen atoms in total. The van der Waals surface area contributed by atoms with Gasteiger partial charge < -0.3 is 9.67 Å². The molecule has 1 N–H and O–H groups in total. The van der Waals surface area contributed by atoms with E-state index >= 15 is 0 Å². The van der Waals surface area contributed by atoms with Gasteiger partial charge in [0.05, 0.1) is 11.1 Å². The van der Waals surface area contributed by atoms with E-state index in [-0.39, 0.29) is 11.3 Å². The molecule has 0 spiro atoms. The Morgan fingerprint density at radius 1 is 1.04 bits per heavy atom. The summed E-state index contributed by atoms with van der Waals surface area (Å²) in [5, 5.41) is 15.5. The molecular formula is C21H17NO2S. The summed E-state index contributed by atoms with van der Waals surface area (Å²) in [6.07, 6.45) is 0.404. The number of aromatic nitrogens is 1. The van der Waals surface area contributed by atoms with Crippen LogP contribution in [0, 0.1) is 0 Å². The van der Waals surface area contributed by atoms with Crippen LogP contribution < -0.4 is 5.56 Å². The number of nitrogens with zero attached hydrogens (tertiary/aromatic N) is 1. The Hall–Kier alpha value is -2.85. The molecule has 0 radical (unpaired) electrons. The van der Waals surface area contributed by atoms with Gasteiger partial charge >= 0.3 is 0 Å². The number of hydrogen-bond donors (Lipinski definition) is 1. The van der Waals surface area contributed by atoms with E-state index in [0.29, 0.717) is 17.4 Å². The van der Waals surface area contributed by atoms with Crippen LogP contribution in [-0.4, -0.2) is 9.67 Å². The lowest BCUT2D eigenvalue weighted by atomic mass is 9.99. The van der Waals surface area contributed by atoms with Gasteiger partial charge in [-0.25, -0.2) is 0 Å². The lowest BCUT2D eigenvalue weighted by molar-refractivity contribution is 0.473. The largest absolute Gasteiger partial charge is 0.507 e. The summed E-state index contributed by atoms with van der Waals surface area (Å²) in [6.45, 7) is 0. The molecule has 25 heavy (non-hydrogen) atoms. The van der Waals surface area contributed by atoms with Gasteiger partial charge in [0.1, 0.15) is 5.75 Å². The van der Waals surface area contributed by atoms with Crippen LogP contribution in [0.4, 0.5) is 0 Å². The van der Waals surface area contributed by atoms with Gasteiger partial charge in [0, 0.05) is 18.9 Å². The zero-order valence-electron chi connectivity index (χ0n) is 13.8. The summed E-state index contributed by atoms with van der Waals surface area (Å²) in [6, 6.07) is 17.6. The predicted molar refractivity (Wildman–Crippen MR) is 103 cm³/mol. The van der Waals surface area contributed by atoms with Crippen molar-refractivity contribution in [3.05, 3.63) is 86.8 Å². The first-order valence-electron chi connectivity index (χ1n) is 8.06. The number of fused-ring (bicyclic) bond motifs is 1. The number of pyridine rings is 1. The summed E-state index contributed by atoms with van der Waals surface area (Å²) in [4.78, 5) is 12.7. The molecule has 0 unspecified atom stereocenters. The van der Waals surface area contributed by atoms with E-state index in [9.17, 15) is 9.90 Å². The fourth-order valence-electron chi connectivity index (χ4n) is 3.20. The molecule has 0 saturated carbocycles. The molecule has 124 valence electrons. The van der Waals surface area contributed by atoms with Gasteiger partial charge in [-0.1, -0.05) is 36.4 Å². The Morgan fingerprint density at radius 3 is 2.68 bits per heavy atom. The van der Waals surface area contributed by atoms with Crippen LogP contribution in [0.5, 0.6) is 5.75 Å². The van der Waals surface area contributed by atoms with Crippen LogP contribution in [0.1, 0.15) is 11.1 Å². The maximum atomic E-state index is 12.7. The number of aryl methyl sites for hydroxylation is 1.